The predicted molar refractivity (Wildman–Crippen MR) is 110 cm³/mol. The fourth-order valence-corrected chi connectivity index (χ4v) is 3.54. The summed E-state index contributed by atoms with van der Waals surface area (Å²) in [5.41, 5.74) is 1.50. The van der Waals surface area contributed by atoms with Gasteiger partial charge in [-0.25, -0.2) is 14.4 Å². The number of amides is 1. The minimum absolute atomic E-state index is 0.132. The molecule has 1 unspecified atom stereocenters. The van der Waals surface area contributed by atoms with E-state index in [9.17, 15) is 9.18 Å². The van der Waals surface area contributed by atoms with Crippen molar-refractivity contribution in [1.29, 1.82) is 0 Å². The summed E-state index contributed by atoms with van der Waals surface area (Å²) in [4.78, 5) is 26.1. The van der Waals surface area contributed by atoms with E-state index in [2.05, 4.69) is 25.1 Å². The van der Waals surface area contributed by atoms with Crippen molar-refractivity contribution in [2.45, 2.75) is 6.04 Å². The molecule has 3 aromatic rings. The van der Waals surface area contributed by atoms with Gasteiger partial charge < -0.3 is 10.2 Å². The molecule has 6 nitrogen and oxygen atoms in total. The summed E-state index contributed by atoms with van der Waals surface area (Å²) in [6.07, 6.45) is 3.47. The predicted octanol–water partition coefficient (Wildman–Crippen LogP) is 3.12. The van der Waals surface area contributed by atoms with Crippen LogP contribution < -0.4 is 10.2 Å². The van der Waals surface area contributed by atoms with Gasteiger partial charge in [-0.1, -0.05) is 30.3 Å². The highest BCUT2D eigenvalue weighted by Crippen LogP contribution is 2.25. The van der Waals surface area contributed by atoms with Crippen LogP contribution in [0.15, 0.2) is 73.1 Å². The van der Waals surface area contributed by atoms with Crippen LogP contribution in [0.1, 0.15) is 11.6 Å². The van der Waals surface area contributed by atoms with Crippen LogP contribution in [0.4, 0.5) is 16.0 Å². The summed E-state index contributed by atoms with van der Waals surface area (Å²) in [7, 11) is 0. The molecule has 148 valence electrons. The van der Waals surface area contributed by atoms with E-state index >= 15 is 0 Å². The highest BCUT2D eigenvalue weighted by atomic mass is 19.1. The molecule has 0 radical (unpaired) electrons. The normalized spacial score (nSPS) is 15.7. The van der Waals surface area contributed by atoms with Crippen molar-refractivity contribution in [1.82, 2.24) is 14.9 Å². The van der Waals surface area contributed by atoms with E-state index in [1.165, 1.54) is 12.1 Å². The smallest absolute Gasteiger partial charge is 0.246 e. The molecule has 1 fully saturated rings. The number of hydrogen-bond acceptors (Lipinski definition) is 5. The highest BCUT2D eigenvalue weighted by Gasteiger charge is 2.31. The van der Waals surface area contributed by atoms with E-state index in [4.69, 9.17) is 0 Å². The van der Waals surface area contributed by atoms with Crippen LogP contribution in [0.2, 0.25) is 0 Å². The first-order chi connectivity index (χ1) is 14.2. The van der Waals surface area contributed by atoms with Crippen LogP contribution in [-0.2, 0) is 4.79 Å². The number of piperazine rings is 1. The van der Waals surface area contributed by atoms with E-state index in [0.29, 0.717) is 24.7 Å². The Morgan fingerprint density at radius 2 is 1.55 bits per heavy atom. The van der Waals surface area contributed by atoms with Crippen LogP contribution in [0.3, 0.4) is 0 Å². The zero-order valence-electron chi connectivity index (χ0n) is 15.9. The van der Waals surface area contributed by atoms with Crippen LogP contribution in [0.5, 0.6) is 0 Å². The van der Waals surface area contributed by atoms with Gasteiger partial charge >= 0.3 is 0 Å². The number of benzene rings is 2. The van der Waals surface area contributed by atoms with Crippen LogP contribution in [0.25, 0.3) is 0 Å². The number of halogens is 1. The number of anilines is 2. The summed E-state index contributed by atoms with van der Waals surface area (Å²) in [6.45, 7) is 2.87. The van der Waals surface area contributed by atoms with Gasteiger partial charge in [-0.05, 0) is 35.9 Å². The average Bonchev–Trinajstić information content (AvgIpc) is 2.77. The molecule has 1 aliphatic heterocycles. The molecule has 1 amide bonds. The number of carbonyl (C=O) groups excluding carboxylic acids is 1. The zero-order chi connectivity index (χ0) is 20.1. The lowest BCUT2D eigenvalue weighted by atomic mass is 10.0. The second kappa shape index (κ2) is 8.79. The Labute approximate surface area is 169 Å². The first-order valence-electron chi connectivity index (χ1n) is 9.58. The quantitative estimate of drug-likeness (QED) is 0.724. The Kier molecular flexibility index (Phi) is 5.76. The van der Waals surface area contributed by atoms with Crippen molar-refractivity contribution in [3.8, 4) is 0 Å². The molecule has 1 aromatic heterocycles. The standard InChI is InChI=1S/C22H22FN5O/c23-18-7-9-19(10-8-18)26-21(29)20(17-5-2-1-3-6-17)27-13-15-28(16-14-27)22-24-11-4-12-25-22/h1-12,20H,13-16H2,(H,26,29). The van der Waals surface area contributed by atoms with Crippen LogP contribution in [-0.4, -0.2) is 47.0 Å². The fourth-order valence-electron chi connectivity index (χ4n) is 3.54. The Bertz CT molecular complexity index is 928. The van der Waals surface area contributed by atoms with E-state index in [0.717, 1.165) is 18.7 Å². The second-order valence-electron chi connectivity index (χ2n) is 6.88. The third kappa shape index (κ3) is 4.57. The molecular weight excluding hydrogens is 369 g/mol. The molecule has 4 rings (SSSR count). The topological polar surface area (TPSA) is 61.4 Å². The van der Waals surface area contributed by atoms with E-state index in [1.54, 1.807) is 30.6 Å². The molecule has 1 aliphatic rings. The van der Waals surface area contributed by atoms with Crippen LogP contribution in [0, 0.1) is 5.82 Å². The minimum atomic E-state index is -0.430. The average molecular weight is 391 g/mol. The molecule has 1 N–H and O–H groups in total. The maximum atomic E-state index is 13.2. The number of rotatable bonds is 5. The maximum absolute atomic E-state index is 13.2. The molecule has 7 heteroatoms. The van der Waals surface area contributed by atoms with Gasteiger partial charge in [0.05, 0.1) is 0 Å². The lowest BCUT2D eigenvalue weighted by Gasteiger charge is -2.38. The number of nitrogens with one attached hydrogen (secondary N) is 1. The van der Waals surface area contributed by atoms with Gasteiger partial charge in [-0.2, -0.15) is 0 Å². The number of aromatic nitrogens is 2. The van der Waals surface area contributed by atoms with E-state index in [1.807, 2.05) is 30.3 Å². The third-order valence-corrected chi connectivity index (χ3v) is 4.99. The highest BCUT2D eigenvalue weighted by molar-refractivity contribution is 5.95. The molecule has 1 saturated heterocycles. The Morgan fingerprint density at radius 1 is 0.897 bits per heavy atom. The first kappa shape index (κ1) is 19.0. The van der Waals surface area contributed by atoms with Gasteiger partial charge in [-0.15, -0.1) is 0 Å². The lowest BCUT2D eigenvalue weighted by molar-refractivity contribution is -0.121. The summed E-state index contributed by atoms with van der Waals surface area (Å²) < 4.78 is 13.2. The molecular formula is C22H22FN5O. The van der Waals surface area contributed by atoms with Crippen molar-refractivity contribution >= 4 is 17.5 Å². The molecule has 2 aromatic carbocycles. The van der Waals surface area contributed by atoms with Crippen molar-refractivity contribution < 1.29 is 9.18 Å². The van der Waals surface area contributed by atoms with Crippen molar-refractivity contribution in [3.05, 3.63) is 84.4 Å². The van der Waals surface area contributed by atoms with E-state index < -0.39 is 6.04 Å². The lowest BCUT2D eigenvalue weighted by Crippen LogP contribution is -2.50. The monoisotopic (exact) mass is 391 g/mol. The van der Waals surface area contributed by atoms with Gasteiger partial charge in [-0.3, -0.25) is 9.69 Å². The Hall–Kier alpha value is -3.32. The van der Waals surface area contributed by atoms with Gasteiger partial charge in [0.25, 0.3) is 0 Å². The zero-order valence-corrected chi connectivity index (χ0v) is 15.9. The first-order valence-corrected chi connectivity index (χ1v) is 9.58. The molecule has 0 aliphatic carbocycles. The van der Waals surface area contributed by atoms with Gasteiger partial charge in [0, 0.05) is 44.3 Å². The molecule has 0 spiro atoms. The Morgan fingerprint density at radius 3 is 2.21 bits per heavy atom. The Balaban J connectivity index is 1.51. The number of carbonyl (C=O) groups is 1. The molecule has 2 heterocycles. The molecule has 0 saturated carbocycles. The van der Waals surface area contributed by atoms with Gasteiger partial charge in [0.15, 0.2) is 0 Å². The van der Waals surface area contributed by atoms with E-state index in [-0.39, 0.29) is 11.7 Å². The third-order valence-electron chi connectivity index (χ3n) is 4.99. The number of hydrogen-bond donors (Lipinski definition) is 1. The van der Waals surface area contributed by atoms with Crippen molar-refractivity contribution in [2.75, 3.05) is 36.4 Å². The fraction of sp³-hybridized carbons (Fsp3) is 0.227. The number of nitrogens with zero attached hydrogens (tertiary/aromatic N) is 4. The van der Waals surface area contributed by atoms with Crippen molar-refractivity contribution in [2.24, 2.45) is 0 Å². The molecule has 0 bridgehead atoms. The summed E-state index contributed by atoms with van der Waals surface area (Å²) in [6, 6.07) is 16.9. The largest absolute Gasteiger partial charge is 0.338 e. The van der Waals surface area contributed by atoms with Gasteiger partial charge in [0.2, 0.25) is 11.9 Å². The van der Waals surface area contributed by atoms with Crippen LogP contribution >= 0.6 is 0 Å². The minimum Gasteiger partial charge on any atom is -0.338 e. The molecule has 1 atom stereocenters. The summed E-state index contributed by atoms with van der Waals surface area (Å²) in [5, 5.41) is 2.92. The van der Waals surface area contributed by atoms with Crippen molar-refractivity contribution in [3.63, 3.8) is 0 Å². The molecule has 29 heavy (non-hydrogen) atoms. The summed E-state index contributed by atoms with van der Waals surface area (Å²) in [5.74, 6) is 0.244. The SMILES string of the molecule is O=C(Nc1ccc(F)cc1)C(c1ccccc1)N1CCN(c2ncccn2)CC1. The maximum Gasteiger partial charge on any atom is 0.246 e. The van der Waals surface area contributed by atoms with Gasteiger partial charge in [0.1, 0.15) is 11.9 Å². The second-order valence-corrected chi connectivity index (χ2v) is 6.88. The summed E-state index contributed by atoms with van der Waals surface area (Å²) >= 11 is 0.